The van der Waals surface area contributed by atoms with Crippen LogP contribution in [0.25, 0.3) is 10.8 Å². The summed E-state index contributed by atoms with van der Waals surface area (Å²) in [5, 5.41) is 2.33. The lowest BCUT2D eigenvalue weighted by atomic mass is 10.1. The smallest absolute Gasteiger partial charge is 0.316 e. The molecule has 1 aliphatic heterocycles. The van der Waals surface area contributed by atoms with Gasteiger partial charge in [0.05, 0.1) is 28.9 Å². The SMILES string of the molecule is O=S(=O)(c1ccc2ccccc2c1)N1CCCC(Oc2ncc(Cl)cn2)C1. The van der Waals surface area contributed by atoms with E-state index >= 15 is 0 Å². The Morgan fingerprint density at radius 1 is 1.07 bits per heavy atom. The lowest BCUT2D eigenvalue weighted by molar-refractivity contribution is 0.119. The van der Waals surface area contributed by atoms with Crippen molar-refractivity contribution in [3.63, 3.8) is 0 Å². The van der Waals surface area contributed by atoms with E-state index in [9.17, 15) is 8.42 Å². The molecule has 0 radical (unpaired) electrons. The second kappa shape index (κ2) is 7.42. The van der Waals surface area contributed by atoms with Crippen molar-refractivity contribution in [1.29, 1.82) is 0 Å². The van der Waals surface area contributed by atoms with Gasteiger partial charge in [-0.05, 0) is 35.7 Å². The summed E-state index contributed by atoms with van der Waals surface area (Å²) in [7, 11) is -3.59. The van der Waals surface area contributed by atoms with Crippen molar-refractivity contribution in [2.24, 2.45) is 0 Å². The van der Waals surface area contributed by atoms with E-state index in [1.165, 1.54) is 16.7 Å². The van der Waals surface area contributed by atoms with E-state index < -0.39 is 10.0 Å². The van der Waals surface area contributed by atoms with E-state index in [1.54, 1.807) is 12.1 Å². The van der Waals surface area contributed by atoms with Gasteiger partial charge in [0.15, 0.2) is 0 Å². The minimum Gasteiger partial charge on any atom is -0.459 e. The highest BCUT2D eigenvalue weighted by Crippen LogP contribution is 2.25. The zero-order valence-electron chi connectivity index (χ0n) is 14.5. The van der Waals surface area contributed by atoms with E-state index in [0.29, 0.717) is 22.9 Å². The number of halogens is 1. The van der Waals surface area contributed by atoms with Gasteiger partial charge in [-0.25, -0.2) is 18.4 Å². The maximum absolute atomic E-state index is 13.1. The van der Waals surface area contributed by atoms with Crippen LogP contribution >= 0.6 is 11.6 Å². The van der Waals surface area contributed by atoms with Crippen LogP contribution in [0.2, 0.25) is 5.02 Å². The Morgan fingerprint density at radius 3 is 2.59 bits per heavy atom. The van der Waals surface area contributed by atoms with Crippen molar-refractivity contribution < 1.29 is 13.2 Å². The Hall–Kier alpha value is -2.22. The molecule has 1 atom stereocenters. The molecule has 1 saturated heterocycles. The molecule has 1 fully saturated rings. The number of hydrogen-bond donors (Lipinski definition) is 0. The fourth-order valence-corrected chi connectivity index (χ4v) is 4.85. The van der Waals surface area contributed by atoms with Gasteiger partial charge < -0.3 is 4.74 Å². The Labute approximate surface area is 162 Å². The lowest BCUT2D eigenvalue weighted by Gasteiger charge is -2.31. The first-order valence-corrected chi connectivity index (χ1v) is 10.5. The molecule has 27 heavy (non-hydrogen) atoms. The number of ether oxygens (including phenoxy) is 1. The van der Waals surface area contributed by atoms with E-state index in [4.69, 9.17) is 16.3 Å². The summed E-state index contributed by atoms with van der Waals surface area (Å²) in [6.07, 6.45) is 4.07. The van der Waals surface area contributed by atoms with Gasteiger partial charge in [-0.15, -0.1) is 0 Å². The van der Waals surface area contributed by atoms with Crippen LogP contribution in [0.15, 0.2) is 59.8 Å². The third-order valence-electron chi connectivity index (χ3n) is 4.57. The standard InChI is InChI=1S/C19H18ClN3O3S/c20-16-11-21-19(22-12-16)26-17-6-3-9-23(13-17)27(24,25)18-8-7-14-4-1-2-5-15(14)10-18/h1-2,4-5,7-8,10-12,17H,3,6,9,13H2. The third-order valence-corrected chi connectivity index (χ3v) is 6.62. The van der Waals surface area contributed by atoms with Gasteiger partial charge in [0.2, 0.25) is 10.0 Å². The molecule has 4 rings (SSSR count). The molecule has 2 heterocycles. The molecule has 0 saturated carbocycles. The maximum atomic E-state index is 13.1. The predicted octanol–water partition coefficient (Wildman–Crippen LogP) is 3.52. The van der Waals surface area contributed by atoms with Gasteiger partial charge in [0.25, 0.3) is 0 Å². The first-order valence-electron chi connectivity index (χ1n) is 8.65. The van der Waals surface area contributed by atoms with Gasteiger partial charge in [-0.1, -0.05) is 41.9 Å². The molecule has 6 nitrogen and oxygen atoms in total. The summed E-state index contributed by atoms with van der Waals surface area (Å²) in [5.41, 5.74) is 0. The number of piperidine rings is 1. The monoisotopic (exact) mass is 403 g/mol. The topological polar surface area (TPSA) is 72.4 Å². The predicted molar refractivity (Wildman–Crippen MR) is 103 cm³/mol. The van der Waals surface area contributed by atoms with Gasteiger partial charge in [-0.2, -0.15) is 4.31 Å². The Kier molecular flexibility index (Phi) is 4.99. The molecule has 0 aliphatic carbocycles. The quantitative estimate of drug-likeness (QED) is 0.666. The lowest BCUT2D eigenvalue weighted by Crippen LogP contribution is -2.44. The molecule has 0 bridgehead atoms. The highest BCUT2D eigenvalue weighted by molar-refractivity contribution is 7.89. The summed E-state index contributed by atoms with van der Waals surface area (Å²) >= 11 is 5.78. The van der Waals surface area contributed by atoms with Crippen molar-refractivity contribution in [2.45, 2.75) is 23.8 Å². The molecule has 3 aromatic rings. The van der Waals surface area contributed by atoms with Crippen LogP contribution in [0.3, 0.4) is 0 Å². The molecule has 1 aromatic heterocycles. The van der Waals surface area contributed by atoms with Crippen LogP contribution in [-0.2, 0) is 10.0 Å². The molecule has 1 aliphatic rings. The van der Waals surface area contributed by atoms with E-state index in [0.717, 1.165) is 17.2 Å². The average Bonchev–Trinajstić information content (AvgIpc) is 2.69. The number of sulfonamides is 1. The second-order valence-electron chi connectivity index (χ2n) is 6.44. The Bertz CT molecular complexity index is 1060. The molecule has 1 unspecified atom stereocenters. The number of benzene rings is 2. The molecule has 8 heteroatoms. The van der Waals surface area contributed by atoms with Crippen LogP contribution in [0, 0.1) is 0 Å². The zero-order valence-corrected chi connectivity index (χ0v) is 16.0. The second-order valence-corrected chi connectivity index (χ2v) is 8.81. The first kappa shape index (κ1) is 18.2. The van der Waals surface area contributed by atoms with Gasteiger partial charge >= 0.3 is 6.01 Å². The normalized spacial score (nSPS) is 18.5. The summed E-state index contributed by atoms with van der Waals surface area (Å²) in [6, 6.07) is 13.1. The van der Waals surface area contributed by atoms with E-state index in [2.05, 4.69) is 9.97 Å². The molecule has 0 N–H and O–H groups in total. The van der Waals surface area contributed by atoms with Crippen LogP contribution in [0.1, 0.15) is 12.8 Å². The number of fused-ring (bicyclic) bond motifs is 1. The van der Waals surface area contributed by atoms with Crippen molar-refractivity contribution in [1.82, 2.24) is 14.3 Å². The maximum Gasteiger partial charge on any atom is 0.316 e. The zero-order chi connectivity index (χ0) is 18.9. The number of rotatable bonds is 4. The molecule has 0 spiro atoms. The van der Waals surface area contributed by atoms with Crippen molar-refractivity contribution in [3.8, 4) is 6.01 Å². The molecule has 0 amide bonds. The number of nitrogens with zero attached hydrogens (tertiary/aromatic N) is 3. The van der Waals surface area contributed by atoms with Gasteiger partial charge in [0.1, 0.15) is 6.10 Å². The molecular formula is C19H18ClN3O3S. The Balaban J connectivity index is 1.54. The van der Waals surface area contributed by atoms with Crippen LogP contribution < -0.4 is 4.74 Å². The molecular weight excluding hydrogens is 386 g/mol. The van der Waals surface area contributed by atoms with Crippen molar-refractivity contribution >= 4 is 32.4 Å². The third kappa shape index (κ3) is 3.90. The highest BCUT2D eigenvalue weighted by atomic mass is 35.5. The van der Waals surface area contributed by atoms with Gasteiger partial charge in [0, 0.05) is 6.54 Å². The summed E-state index contributed by atoms with van der Waals surface area (Å²) in [4.78, 5) is 8.33. The Morgan fingerprint density at radius 2 is 1.81 bits per heavy atom. The van der Waals surface area contributed by atoms with E-state index in [-0.39, 0.29) is 18.7 Å². The number of aromatic nitrogens is 2. The minimum atomic E-state index is -3.59. The van der Waals surface area contributed by atoms with E-state index in [1.807, 2.05) is 30.3 Å². The first-order chi connectivity index (χ1) is 13.0. The average molecular weight is 404 g/mol. The summed E-state index contributed by atoms with van der Waals surface area (Å²) < 4.78 is 33.4. The van der Waals surface area contributed by atoms with Crippen molar-refractivity contribution in [3.05, 3.63) is 59.9 Å². The minimum absolute atomic E-state index is 0.203. The largest absolute Gasteiger partial charge is 0.459 e. The van der Waals surface area contributed by atoms with Crippen LogP contribution in [0.4, 0.5) is 0 Å². The van der Waals surface area contributed by atoms with Crippen LogP contribution in [0.5, 0.6) is 6.01 Å². The van der Waals surface area contributed by atoms with Crippen LogP contribution in [-0.4, -0.2) is 41.9 Å². The fourth-order valence-electron chi connectivity index (χ4n) is 3.21. The number of hydrogen-bond acceptors (Lipinski definition) is 5. The van der Waals surface area contributed by atoms with Gasteiger partial charge in [-0.3, -0.25) is 0 Å². The summed E-state index contributed by atoms with van der Waals surface area (Å²) in [5.74, 6) is 0. The van der Waals surface area contributed by atoms with Crippen molar-refractivity contribution in [2.75, 3.05) is 13.1 Å². The summed E-state index contributed by atoms with van der Waals surface area (Å²) in [6.45, 7) is 0.734. The molecule has 2 aromatic carbocycles. The fraction of sp³-hybridized carbons (Fsp3) is 0.263. The molecule has 140 valence electrons. The highest BCUT2D eigenvalue weighted by Gasteiger charge is 2.31.